The maximum absolute atomic E-state index is 13.7. The zero-order valence-corrected chi connectivity index (χ0v) is 24.8. The average Bonchev–Trinajstić information content (AvgIpc) is 3.40. The molecular formula is C34H39N5O3. The molecule has 4 aromatic rings. The number of nitrogens with zero attached hydrogens (tertiary/aromatic N) is 5. The summed E-state index contributed by atoms with van der Waals surface area (Å²) in [7, 11) is 0. The summed E-state index contributed by atoms with van der Waals surface area (Å²) in [5.41, 5.74) is 9.48. The highest BCUT2D eigenvalue weighted by atomic mass is 16.4. The number of amides is 1. The van der Waals surface area contributed by atoms with Crippen molar-refractivity contribution in [1.82, 2.24) is 24.9 Å². The Morgan fingerprint density at radius 1 is 0.976 bits per heavy atom. The predicted molar refractivity (Wildman–Crippen MR) is 162 cm³/mol. The lowest BCUT2D eigenvalue weighted by molar-refractivity contribution is -0.141. The molecule has 2 aromatic heterocycles. The van der Waals surface area contributed by atoms with Gasteiger partial charge in [-0.2, -0.15) is 0 Å². The van der Waals surface area contributed by atoms with Gasteiger partial charge in [0.05, 0.1) is 5.92 Å². The number of aryl methyl sites for hydroxylation is 4. The third-order valence-corrected chi connectivity index (χ3v) is 9.29. The van der Waals surface area contributed by atoms with Crippen molar-refractivity contribution in [2.45, 2.75) is 84.7 Å². The molecule has 218 valence electrons. The number of hydrogen-bond donors (Lipinski definition) is 1. The Balaban J connectivity index is 1.42. The van der Waals surface area contributed by atoms with Crippen LogP contribution < -0.4 is 0 Å². The van der Waals surface area contributed by atoms with Crippen LogP contribution in [0.5, 0.6) is 0 Å². The zero-order valence-electron chi connectivity index (χ0n) is 24.8. The Kier molecular flexibility index (Phi) is 7.80. The minimum Gasteiger partial charge on any atom is -0.481 e. The molecule has 7 heterocycles. The van der Waals surface area contributed by atoms with Crippen LogP contribution in [0.3, 0.4) is 0 Å². The topological polar surface area (TPSA) is 101 Å². The third-order valence-electron chi connectivity index (χ3n) is 9.29. The molecule has 9 bridgehead atoms. The van der Waals surface area contributed by atoms with Crippen LogP contribution in [-0.4, -0.2) is 48.4 Å². The van der Waals surface area contributed by atoms with Crippen LogP contribution in [0.25, 0.3) is 11.2 Å². The molecule has 1 N–H and O–H groups in total. The second-order valence-electron chi connectivity index (χ2n) is 12.1. The molecule has 9 rings (SSSR count). The first-order valence-electron chi connectivity index (χ1n) is 15.2. The van der Waals surface area contributed by atoms with E-state index in [9.17, 15) is 14.7 Å². The van der Waals surface area contributed by atoms with Gasteiger partial charge in [0, 0.05) is 37.3 Å². The molecule has 0 radical (unpaired) electrons. The second-order valence-corrected chi connectivity index (χ2v) is 12.1. The summed E-state index contributed by atoms with van der Waals surface area (Å²) in [6.45, 7) is 7.70. The average molecular weight is 566 g/mol. The van der Waals surface area contributed by atoms with Crippen LogP contribution in [0.1, 0.15) is 94.2 Å². The van der Waals surface area contributed by atoms with Gasteiger partial charge in [-0.25, -0.2) is 9.67 Å². The van der Waals surface area contributed by atoms with Crippen LogP contribution >= 0.6 is 0 Å². The highest BCUT2D eigenvalue weighted by molar-refractivity contribution is 5.95. The van der Waals surface area contributed by atoms with E-state index in [0.29, 0.717) is 13.1 Å². The molecule has 8 nitrogen and oxygen atoms in total. The first kappa shape index (κ1) is 28.1. The Morgan fingerprint density at radius 2 is 1.79 bits per heavy atom. The SMILES string of the molecule is Cc1cc2ccc1C(=O)N1CCc3ccc(cc3C1)[C@@H]([C@@H](C)C(=O)O)c1cnc3c(nnn3CCCCCCC2)c1C. The van der Waals surface area contributed by atoms with Crippen LogP contribution in [0.2, 0.25) is 0 Å². The zero-order chi connectivity index (χ0) is 29.4. The lowest BCUT2D eigenvalue weighted by Crippen LogP contribution is -2.36. The third kappa shape index (κ3) is 5.30. The van der Waals surface area contributed by atoms with Gasteiger partial charge < -0.3 is 10.0 Å². The van der Waals surface area contributed by atoms with E-state index in [2.05, 4.69) is 34.6 Å². The summed E-state index contributed by atoms with van der Waals surface area (Å²) in [6, 6.07) is 12.5. The Morgan fingerprint density at radius 3 is 2.60 bits per heavy atom. The summed E-state index contributed by atoms with van der Waals surface area (Å²) in [5, 5.41) is 19.1. The fraction of sp³-hybridized carbons (Fsp3) is 0.441. The van der Waals surface area contributed by atoms with Crippen LogP contribution in [-0.2, 0) is 30.7 Å². The summed E-state index contributed by atoms with van der Waals surface area (Å²) in [5.74, 6) is -1.92. The smallest absolute Gasteiger partial charge is 0.307 e. The van der Waals surface area contributed by atoms with Crippen molar-refractivity contribution in [2.24, 2.45) is 5.92 Å². The highest BCUT2D eigenvalue weighted by Gasteiger charge is 2.31. The summed E-state index contributed by atoms with van der Waals surface area (Å²) in [4.78, 5) is 32.8. The number of aliphatic carboxylic acids is 1. The monoisotopic (exact) mass is 565 g/mol. The van der Waals surface area contributed by atoms with E-state index in [1.54, 1.807) is 6.92 Å². The maximum atomic E-state index is 13.7. The van der Waals surface area contributed by atoms with Crippen molar-refractivity contribution in [2.75, 3.05) is 6.54 Å². The lowest BCUT2D eigenvalue weighted by Gasteiger charge is -2.31. The molecule has 2 aromatic carbocycles. The molecule has 0 saturated heterocycles. The van der Waals surface area contributed by atoms with Crippen LogP contribution in [0, 0.1) is 19.8 Å². The number of hydrogen-bond acceptors (Lipinski definition) is 5. The van der Waals surface area contributed by atoms with Crippen molar-refractivity contribution in [3.63, 3.8) is 0 Å². The molecule has 5 aliphatic rings. The molecule has 8 heteroatoms. The molecule has 5 aliphatic heterocycles. The van der Waals surface area contributed by atoms with Gasteiger partial charge in [0.2, 0.25) is 0 Å². The fourth-order valence-corrected chi connectivity index (χ4v) is 6.74. The molecule has 0 saturated carbocycles. The van der Waals surface area contributed by atoms with Gasteiger partial charge in [-0.3, -0.25) is 9.59 Å². The molecule has 2 atom stereocenters. The summed E-state index contributed by atoms with van der Waals surface area (Å²) >= 11 is 0. The highest BCUT2D eigenvalue weighted by Crippen LogP contribution is 2.37. The molecule has 0 aliphatic carbocycles. The Hall–Kier alpha value is -4.07. The first-order chi connectivity index (χ1) is 20.3. The predicted octanol–water partition coefficient (Wildman–Crippen LogP) is 6.00. The van der Waals surface area contributed by atoms with Gasteiger partial charge in [0.15, 0.2) is 5.65 Å². The summed E-state index contributed by atoms with van der Waals surface area (Å²) in [6.07, 6.45) is 9.16. The van der Waals surface area contributed by atoms with Gasteiger partial charge >= 0.3 is 5.97 Å². The van der Waals surface area contributed by atoms with Gasteiger partial charge in [0.25, 0.3) is 5.91 Å². The minimum atomic E-state index is -0.867. The van der Waals surface area contributed by atoms with Gasteiger partial charge in [-0.05, 0) is 84.5 Å². The van der Waals surface area contributed by atoms with Crippen molar-refractivity contribution in [3.05, 3.63) is 87.1 Å². The largest absolute Gasteiger partial charge is 0.481 e. The van der Waals surface area contributed by atoms with E-state index >= 15 is 0 Å². The normalized spacial score (nSPS) is 18.7. The van der Waals surface area contributed by atoms with E-state index < -0.39 is 17.8 Å². The second kappa shape index (κ2) is 11.7. The van der Waals surface area contributed by atoms with Gasteiger partial charge in [-0.1, -0.05) is 61.7 Å². The number of carbonyl (C=O) groups excluding carboxylic acids is 1. The number of pyridine rings is 1. The van der Waals surface area contributed by atoms with Crippen molar-refractivity contribution in [1.29, 1.82) is 0 Å². The van der Waals surface area contributed by atoms with Crippen molar-refractivity contribution < 1.29 is 14.7 Å². The van der Waals surface area contributed by atoms with Gasteiger partial charge in [0.1, 0.15) is 5.52 Å². The van der Waals surface area contributed by atoms with E-state index in [1.807, 2.05) is 41.8 Å². The van der Waals surface area contributed by atoms with Crippen molar-refractivity contribution >= 4 is 23.0 Å². The van der Waals surface area contributed by atoms with Gasteiger partial charge in [-0.15, -0.1) is 5.10 Å². The van der Waals surface area contributed by atoms with Crippen molar-refractivity contribution in [3.8, 4) is 0 Å². The number of carboxylic acid groups (broad SMARTS) is 1. The number of rotatable bonds is 2. The molecular weight excluding hydrogens is 526 g/mol. The molecule has 0 fully saturated rings. The summed E-state index contributed by atoms with van der Waals surface area (Å²) < 4.78 is 1.88. The quantitative estimate of drug-likeness (QED) is 0.320. The lowest BCUT2D eigenvalue weighted by atomic mass is 9.79. The van der Waals surface area contributed by atoms with Crippen LogP contribution in [0.4, 0.5) is 0 Å². The van der Waals surface area contributed by atoms with E-state index in [-0.39, 0.29) is 5.91 Å². The number of carboxylic acids is 1. The van der Waals surface area contributed by atoms with Crippen LogP contribution in [0.15, 0.2) is 42.6 Å². The number of carbonyl (C=O) groups is 2. The number of aromatic nitrogens is 4. The molecule has 42 heavy (non-hydrogen) atoms. The fourth-order valence-electron chi connectivity index (χ4n) is 6.74. The Labute approximate surface area is 246 Å². The maximum Gasteiger partial charge on any atom is 0.307 e. The van der Waals surface area contributed by atoms with E-state index in [1.165, 1.54) is 11.1 Å². The van der Waals surface area contributed by atoms with E-state index in [4.69, 9.17) is 4.98 Å². The minimum absolute atomic E-state index is 0.0533. The number of benzene rings is 2. The standard InChI is InChI=1S/C34H39N5O3/c1-21-17-24-9-7-5-4-6-8-15-39-32-31(36-37-39)22(2)29(19-35-32)30(23(3)34(41)42)26-12-11-25-14-16-38(20-27(25)18-26)33(40)28(21)13-10-24/h10-13,17-19,23,30H,4-9,14-16,20H2,1-3H3,(H,41,42)/t23-,30-/m1/s1. The molecule has 0 spiro atoms. The first-order valence-corrected chi connectivity index (χ1v) is 15.2. The molecule has 0 unspecified atom stereocenters. The molecule has 1 amide bonds. The van der Waals surface area contributed by atoms with E-state index in [0.717, 1.165) is 96.0 Å². The Bertz CT molecular complexity index is 1660.